The van der Waals surface area contributed by atoms with Crippen molar-refractivity contribution in [1.82, 2.24) is 10.6 Å². The summed E-state index contributed by atoms with van der Waals surface area (Å²) in [7, 11) is 0. The number of aliphatic hydroxyl groups is 1. The van der Waals surface area contributed by atoms with Crippen LogP contribution in [0.25, 0.3) is 0 Å². The largest absolute Gasteiger partial charge is 0.387 e. The minimum atomic E-state index is -0.664. The van der Waals surface area contributed by atoms with Crippen molar-refractivity contribution in [2.75, 3.05) is 19.6 Å². The van der Waals surface area contributed by atoms with Gasteiger partial charge in [0.15, 0.2) is 0 Å². The molecule has 0 aromatic heterocycles. The number of rotatable bonds is 8. The van der Waals surface area contributed by atoms with E-state index in [0.29, 0.717) is 42.6 Å². The number of hydrogen-bond acceptors (Lipinski definition) is 3. The summed E-state index contributed by atoms with van der Waals surface area (Å²) in [5, 5.41) is 16.5. The first-order valence-corrected chi connectivity index (χ1v) is 7.28. The maximum Gasteiger partial charge on any atom is 0.221 e. The molecule has 0 fully saturated rings. The minimum absolute atomic E-state index is 0.0263. The molecule has 1 atom stereocenters. The number of hydrogen-bond donors (Lipinski definition) is 3. The Morgan fingerprint density at radius 1 is 1.30 bits per heavy atom. The van der Waals surface area contributed by atoms with E-state index >= 15 is 0 Å². The summed E-state index contributed by atoms with van der Waals surface area (Å²) < 4.78 is 0. The summed E-state index contributed by atoms with van der Waals surface area (Å²) in [6.45, 7) is 5.71. The van der Waals surface area contributed by atoms with Gasteiger partial charge in [0, 0.05) is 36.6 Å². The molecule has 0 saturated heterocycles. The first-order chi connectivity index (χ1) is 9.50. The number of amides is 1. The van der Waals surface area contributed by atoms with Gasteiger partial charge in [-0.2, -0.15) is 0 Å². The molecule has 1 aromatic carbocycles. The van der Waals surface area contributed by atoms with Gasteiger partial charge < -0.3 is 15.7 Å². The summed E-state index contributed by atoms with van der Waals surface area (Å²) >= 11 is 6.00. The van der Waals surface area contributed by atoms with E-state index in [1.54, 1.807) is 12.1 Å². The van der Waals surface area contributed by atoms with Crippen LogP contribution in [-0.4, -0.2) is 30.6 Å². The number of halogens is 1. The Kier molecular flexibility index (Phi) is 7.59. The molecule has 0 heterocycles. The molecule has 1 amide bonds. The second-order valence-electron chi connectivity index (χ2n) is 5.19. The van der Waals surface area contributed by atoms with Crippen LogP contribution in [0.15, 0.2) is 24.3 Å². The molecule has 1 rings (SSSR count). The lowest BCUT2D eigenvalue weighted by Crippen LogP contribution is -2.31. The predicted octanol–water partition coefficient (Wildman–Crippen LogP) is 2.13. The maximum absolute atomic E-state index is 11.5. The van der Waals surface area contributed by atoms with Crippen molar-refractivity contribution in [3.63, 3.8) is 0 Å². The van der Waals surface area contributed by atoms with Crippen molar-refractivity contribution in [3.05, 3.63) is 34.9 Å². The monoisotopic (exact) mass is 298 g/mol. The number of nitrogens with one attached hydrogen (secondary N) is 2. The third kappa shape index (κ3) is 6.37. The highest BCUT2D eigenvalue weighted by atomic mass is 35.5. The van der Waals surface area contributed by atoms with E-state index in [0.717, 1.165) is 0 Å². The van der Waals surface area contributed by atoms with Crippen LogP contribution in [0.1, 0.15) is 31.9 Å². The molecule has 0 spiro atoms. The highest BCUT2D eigenvalue weighted by molar-refractivity contribution is 6.31. The van der Waals surface area contributed by atoms with Crippen LogP contribution in [0.5, 0.6) is 0 Å². The molecule has 112 valence electrons. The smallest absolute Gasteiger partial charge is 0.221 e. The summed E-state index contributed by atoms with van der Waals surface area (Å²) in [5.74, 6) is 0.479. The molecule has 3 N–H and O–H groups in total. The molecule has 4 nitrogen and oxygen atoms in total. The number of carbonyl (C=O) groups is 1. The van der Waals surface area contributed by atoms with Gasteiger partial charge in [-0.25, -0.2) is 0 Å². The molecule has 0 aliphatic rings. The Bertz CT molecular complexity index is 424. The Balaban J connectivity index is 2.21. The SMILES string of the molecule is CC(C)CNC(=O)CCNCC(O)c1ccccc1Cl. The third-order valence-electron chi connectivity index (χ3n) is 2.84. The van der Waals surface area contributed by atoms with Gasteiger partial charge in [-0.05, 0) is 12.0 Å². The van der Waals surface area contributed by atoms with E-state index in [1.165, 1.54) is 0 Å². The first kappa shape index (κ1) is 17.0. The van der Waals surface area contributed by atoms with E-state index in [4.69, 9.17) is 11.6 Å². The van der Waals surface area contributed by atoms with Gasteiger partial charge in [0.2, 0.25) is 5.91 Å². The van der Waals surface area contributed by atoms with Gasteiger partial charge in [-0.15, -0.1) is 0 Å². The predicted molar refractivity (Wildman–Crippen MR) is 81.7 cm³/mol. The number of aliphatic hydroxyl groups excluding tert-OH is 1. The Morgan fingerprint density at radius 3 is 2.65 bits per heavy atom. The molecule has 0 radical (unpaired) electrons. The Morgan fingerprint density at radius 2 is 2.00 bits per heavy atom. The molecular weight excluding hydrogens is 276 g/mol. The third-order valence-corrected chi connectivity index (χ3v) is 3.18. The van der Waals surface area contributed by atoms with Gasteiger partial charge in [0.25, 0.3) is 0 Å². The second kappa shape index (κ2) is 8.95. The Hall–Kier alpha value is -1.10. The van der Waals surface area contributed by atoms with Crippen LogP contribution in [0.4, 0.5) is 0 Å². The molecule has 0 aliphatic carbocycles. The van der Waals surface area contributed by atoms with E-state index in [-0.39, 0.29) is 5.91 Å². The molecule has 20 heavy (non-hydrogen) atoms. The van der Waals surface area contributed by atoms with Crippen molar-refractivity contribution in [1.29, 1.82) is 0 Å². The highest BCUT2D eigenvalue weighted by Crippen LogP contribution is 2.21. The lowest BCUT2D eigenvalue weighted by atomic mass is 10.1. The van der Waals surface area contributed by atoms with Crippen molar-refractivity contribution in [3.8, 4) is 0 Å². The normalized spacial score (nSPS) is 12.4. The Labute approximate surface area is 125 Å². The lowest BCUT2D eigenvalue weighted by molar-refractivity contribution is -0.121. The van der Waals surface area contributed by atoms with Crippen LogP contribution in [0.3, 0.4) is 0 Å². The summed E-state index contributed by atoms with van der Waals surface area (Å²) in [6, 6.07) is 7.21. The zero-order valence-electron chi connectivity index (χ0n) is 12.0. The molecule has 0 saturated carbocycles. The van der Waals surface area contributed by atoms with E-state index in [9.17, 15) is 9.90 Å². The van der Waals surface area contributed by atoms with Gasteiger partial charge >= 0.3 is 0 Å². The van der Waals surface area contributed by atoms with Gasteiger partial charge in [-0.1, -0.05) is 43.6 Å². The fourth-order valence-electron chi connectivity index (χ4n) is 1.70. The second-order valence-corrected chi connectivity index (χ2v) is 5.60. The minimum Gasteiger partial charge on any atom is -0.387 e. The fourth-order valence-corrected chi connectivity index (χ4v) is 1.96. The van der Waals surface area contributed by atoms with Crippen molar-refractivity contribution in [2.24, 2.45) is 5.92 Å². The summed E-state index contributed by atoms with van der Waals surface area (Å²) in [5.41, 5.74) is 0.700. The van der Waals surface area contributed by atoms with Crippen LogP contribution >= 0.6 is 11.6 Å². The van der Waals surface area contributed by atoms with Crippen molar-refractivity contribution < 1.29 is 9.90 Å². The molecule has 0 bridgehead atoms. The van der Waals surface area contributed by atoms with Gasteiger partial charge in [0.1, 0.15) is 0 Å². The van der Waals surface area contributed by atoms with Gasteiger partial charge in [0.05, 0.1) is 6.10 Å². The average Bonchev–Trinajstić information content (AvgIpc) is 2.41. The quantitative estimate of drug-likeness (QED) is 0.644. The van der Waals surface area contributed by atoms with Crippen LogP contribution in [0, 0.1) is 5.92 Å². The molecule has 1 aromatic rings. The van der Waals surface area contributed by atoms with E-state index < -0.39 is 6.10 Å². The zero-order chi connectivity index (χ0) is 15.0. The summed E-state index contributed by atoms with van der Waals surface area (Å²) in [4.78, 5) is 11.5. The van der Waals surface area contributed by atoms with Gasteiger partial charge in [-0.3, -0.25) is 4.79 Å². The highest BCUT2D eigenvalue weighted by Gasteiger charge is 2.10. The van der Waals surface area contributed by atoms with Crippen LogP contribution in [0.2, 0.25) is 5.02 Å². The number of carbonyl (C=O) groups excluding carboxylic acids is 1. The molecular formula is C15H23ClN2O2. The molecule has 5 heteroatoms. The average molecular weight is 299 g/mol. The lowest BCUT2D eigenvalue weighted by Gasteiger charge is -2.13. The number of benzene rings is 1. The van der Waals surface area contributed by atoms with Crippen molar-refractivity contribution >= 4 is 17.5 Å². The van der Waals surface area contributed by atoms with E-state index in [2.05, 4.69) is 24.5 Å². The summed E-state index contributed by atoms with van der Waals surface area (Å²) in [6.07, 6.45) is -0.260. The molecule has 1 unspecified atom stereocenters. The maximum atomic E-state index is 11.5. The van der Waals surface area contributed by atoms with E-state index in [1.807, 2.05) is 12.1 Å². The van der Waals surface area contributed by atoms with Crippen LogP contribution < -0.4 is 10.6 Å². The fraction of sp³-hybridized carbons (Fsp3) is 0.533. The standard InChI is InChI=1S/C15H23ClN2O2/c1-11(2)9-18-15(20)7-8-17-10-14(19)12-5-3-4-6-13(12)16/h3-6,11,14,17,19H,7-10H2,1-2H3,(H,18,20). The topological polar surface area (TPSA) is 61.4 Å². The van der Waals surface area contributed by atoms with Crippen LogP contribution in [-0.2, 0) is 4.79 Å². The first-order valence-electron chi connectivity index (χ1n) is 6.90. The van der Waals surface area contributed by atoms with Crippen molar-refractivity contribution in [2.45, 2.75) is 26.4 Å². The molecule has 0 aliphatic heterocycles. The zero-order valence-corrected chi connectivity index (χ0v) is 12.8.